The topological polar surface area (TPSA) is 26.3 Å². The molecule has 0 N–H and O–H groups in total. The second-order valence-corrected chi connectivity index (χ2v) is 3.74. The predicted molar refractivity (Wildman–Crippen MR) is 59.5 cm³/mol. The van der Waals surface area contributed by atoms with E-state index in [1.165, 1.54) is 37.2 Å². The van der Waals surface area contributed by atoms with Crippen molar-refractivity contribution in [3.63, 3.8) is 0 Å². The van der Waals surface area contributed by atoms with Gasteiger partial charge < -0.3 is 4.74 Å². The lowest BCUT2D eigenvalue weighted by molar-refractivity contribution is -0.134. The van der Waals surface area contributed by atoms with Crippen molar-refractivity contribution in [3.8, 4) is 0 Å². The third-order valence-electron chi connectivity index (χ3n) is 2.74. The Morgan fingerprint density at radius 1 is 1.33 bits per heavy atom. The monoisotopic (exact) mass is 202 g/mol. The molecule has 0 spiro atoms. The van der Waals surface area contributed by atoms with E-state index in [2.05, 4.69) is 16.9 Å². The van der Waals surface area contributed by atoms with E-state index in [4.69, 9.17) is 0 Å². The number of rotatable bonds is 2. The van der Waals surface area contributed by atoms with E-state index in [0.29, 0.717) is 0 Å². The first kappa shape index (κ1) is 9.97. The molecule has 0 saturated heterocycles. The molecule has 15 heavy (non-hydrogen) atoms. The summed E-state index contributed by atoms with van der Waals surface area (Å²) < 4.78 is 4.54. The van der Waals surface area contributed by atoms with Gasteiger partial charge in [0.15, 0.2) is 0 Å². The minimum absolute atomic E-state index is 0.310. The number of hydrogen-bond donors (Lipinski definition) is 0. The standard InChI is InChI=1S/C13H14O2/c1-15-13(14)8-6-10-5-7-11-3-2-4-12(11)9-10/h5-9H,2-4H2,1H3. The zero-order valence-corrected chi connectivity index (χ0v) is 8.82. The van der Waals surface area contributed by atoms with Gasteiger partial charge in [-0.15, -0.1) is 0 Å². The Kier molecular flexibility index (Phi) is 2.86. The average molecular weight is 202 g/mol. The molecule has 1 aliphatic rings. The molecule has 1 aromatic rings. The van der Waals surface area contributed by atoms with Crippen molar-refractivity contribution in [3.05, 3.63) is 41.0 Å². The molecule has 0 atom stereocenters. The summed E-state index contributed by atoms with van der Waals surface area (Å²) in [5.41, 5.74) is 3.94. The number of carbonyl (C=O) groups excluding carboxylic acids is 1. The van der Waals surface area contributed by atoms with Crippen molar-refractivity contribution in [1.82, 2.24) is 0 Å². The molecule has 0 unspecified atom stereocenters. The highest BCUT2D eigenvalue weighted by Crippen LogP contribution is 2.23. The molecule has 1 aromatic carbocycles. The van der Waals surface area contributed by atoms with E-state index in [1.54, 1.807) is 6.08 Å². The van der Waals surface area contributed by atoms with Gasteiger partial charge in [0.05, 0.1) is 7.11 Å². The molecular formula is C13H14O2. The summed E-state index contributed by atoms with van der Waals surface area (Å²) in [4.78, 5) is 10.9. The minimum Gasteiger partial charge on any atom is -0.466 e. The summed E-state index contributed by atoms with van der Waals surface area (Å²) in [7, 11) is 1.38. The number of methoxy groups -OCH3 is 1. The summed E-state index contributed by atoms with van der Waals surface area (Å²) in [5.74, 6) is -0.310. The normalized spacial score (nSPS) is 14.2. The molecule has 0 fully saturated rings. The highest BCUT2D eigenvalue weighted by molar-refractivity contribution is 5.86. The zero-order chi connectivity index (χ0) is 10.7. The van der Waals surface area contributed by atoms with Gasteiger partial charge in [-0.2, -0.15) is 0 Å². The molecule has 0 amide bonds. The summed E-state index contributed by atoms with van der Waals surface area (Å²) in [5, 5.41) is 0. The van der Waals surface area contributed by atoms with Crippen LogP contribution < -0.4 is 0 Å². The fraction of sp³-hybridized carbons (Fsp3) is 0.308. The van der Waals surface area contributed by atoms with Crippen molar-refractivity contribution < 1.29 is 9.53 Å². The summed E-state index contributed by atoms with van der Waals surface area (Å²) in [6, 6.07) is 6.35. The predicted octanol–water partition coefficient (Wildman–Crippen LogP) is 2.36. The summed E-state index contributed by atoms with van der Waals surface area (Å²) in [6.45, 7) is 0. The molecule has 1 aliphatic carbocycles. The minimum atomic E-state index is -0.310. The van der Waals surface area contributed by atoms with E-state index in [1.807, 2.05) is 6.07 Å². The molecule has 0 radical (unpaired) electrons. The number of hydrogen-bond acceptors (Lipinski definition) is 2. The molecule has 2 rings (SSSR count). The van der Waals surface area contributed by atoms with Crippen molar-refractivity contribution in [2.24, 2.45) is 0 Å². The largest absolute Gasteiger partial charge is 0.466 e. The number of fused-ring (bicyclic) bond motifs is 1. The molecule has 0 aromatic heterocycles. The molecule has 0 saturated carbocycles. The Morgan fingerprint density at radius 3 is 2.93 bits per heavy atom. The van der Waals surface area contributed by atoms with Gasteiger partial charge in [0.1, 0.15) is 0 Å². The maximum absolute atomic E-state index is 10.9. The van der Waals surface area contributed by atoms with E-state index >= 15 is 0 Å². The molecule has 0 bridgehead atoms. The summed E-state index contributed by atoms with van der Waals surface area (Å²) >= 11 is 0. The van der Waals surface area contributed by atoms with Gasteiger partial charge in [0.25, 0.3) is 0 Å². The smallest absolute Gasteiger partial charge is 0.330 e. The first-order valence-corrected chi connectivity index (χ1v) is 5.17. The third-order valence-corrected chi connectivity index (χ3v) is 2.74. The Morgan fingerprint density at radius 2 is 2.13 bits per heavy atom. The molecule has 78 valence electrons. The first-order chi connectivity index (χ1) is 7.29. The van der Waals surface area contributed by atoms with Crippen LogP contribution >= 0.6 is 0 Å². The van der Waals surface area contributed by atoms with Crippen LogP contribution in [0.2, 0.25) is 0 Å². The highest BCUT2D eigenvalue weighted by Gasteiger charge is 2.09. The molecule has 0 heterocycles. The number of ether oxygens (including phenoxy) is 1. The number of benzene rings is 1. The number of aryl methyl sites for hydroxylation is 2. The second kappa shape index (κ2) is 4.30. The van der Waals surface area contributed by atoms with Crippen molar-refractivity contribution >= 4 is 12.0 Å². The number of carbonyl (C=O) groups is 1. The van der Waals surface area contributed by atoms with Crippen LogP contribution in [0.1, 0.15) is 23.1 Å². The lowest BCUT2D eigenvalue weighted by Crippen LogP contribution is -1.93. The third kappa shape index (κ3) is 2.27. The van der Waals surface area contributed by atoms with Crippen LogP contribution in [0, 0.1) is 0 Å². The van der Waals surface area contributed by atoms with Crippen LogP contribution in [0.3, 0.4) is 0 Å². The van der Waals surface area contributed by atoms with E-state index in [-0.39, 0.29) is 5.97 Å². The van der Waals surface area contributed by atoms with Crippen LogP contribution in [-0.4, -0.2) is 13.1 Å². The van der Waals surface area contributed by atoms with Crippen LogP contribution in [0.4, 0.5) is 0 Å². The Balaban J connectivity index is 2.16. The van der Waals surface area contributed by atoms with Gasteiger partial charge in [-0.05, 0) is 42.0 Å². The Bertz CT molecular complexity index is 405. The van der Waals surface area contributed by atoms with Gasteiger partial charge in [-0.3, -0.25) is 0 Å². The van der Waals surface area contributed by atoms with Gasteiger partial charge >= 0.3 is 5.97 Å². The molecular weight excluding hydrogens is 188 g/mol. The lowest BCUT2D eigenvalue weighted by atomic mass is 10.1. The second-order valence-electron chi connectivity index (χ2n) is 3.74. The van der Waals surface area contributed by atoms with Gasteiger partial charge in [0, 0.05) is 6.08 Å². The number of esters is 1. The van der Waals surface area contributed by atoms with Crippen LogP contribution in [-0.2, 0) is 22.4 Å². The van der Waals surface area contributed by atoms with Crippen LogP contribution in [0.15, 0.2) is 24.3 Å². The highest BCUT2D eigenvalue weighted by atomic mass is 16.5. The molecule has 2 heteroatoms. The Hall–Kier alpha value is -1.57. The van der Waals surface area contributed by atoms with Crippen molar-refractivity contribution in [2.75, 3.05) is 7.11 Å². The first-order valence-electron chi connectivity index (χ1n) is 5.17. The van der Waals surface area contributed by atoms with Crippen molar-refractivity contribution in [1.29, 1.82) is 0 Å². The summed E-state index contributed by atoms with van der Waals surface area (Å²) in [6.07, 6.45) is 6.85. The maximum Gasteiger partial charge on any atom is 0.330 e. The van der Waals surface area contributed by atoms with Gasteiger partial charge in [-0.1, -0.05) is 18.2 Å². The average Bonchev–Trinajstić information content (AvgIpc) is 2.72. The molecule has 2 nitrogen and oxygen atoms in total. The van der Waals surface area contributed by atoms with Gasteiger partial charge in [-0.25, -0.2) is 4.79 Å². The van der Waals surface area contributed by atoms with E-state index < -0.39 is 0 Å². The van der Waals surface area contributed by atoms with Gasteiger partial charge in [0.2, 0.25) is 0 Å². The van der Waals surface area contributed by atoms with Crippen molar-refractivity contribution in [2.45, 2.75) is 19.3 Å². The van der Waals surface area contributed by atoms with Crippen LogP contribution in [0.5, 0.6) is 0 Å². The Labute approximate surface area is 89.6 Å². The zero-order valence-electron chi connectivity index (χ0n) is 8.82. The van der Waals surface area contributed by atoms with E-state index in [9.17, 15) is 4.79 Å². The fourth-order valence-electron chi connectivity index (χ4n) is 1.93. The molecule has 0 aliphatic heterocycles. The van der Waals surface area contributed by atoms with Crippen LogP contribution in [0.25, 0.3) is 6.08 Å². The van der Waals surface area contributed by atoms with E-state index in [0.717, 1.165) is 12.0 Å². The quantitative estimate of drug-likeness (QED) is 0.543. The lowest BCUT2D eigenvalue weighted by Gasteiger charge is -2.00. The fourth-order valence-corrected chi connectivity index (χ4v) is 1.93. The SMILES string of the molecule is COC(=O)C=Cc1ccc2c(c1)CCC2. The maximum atomic E-state index is 10.9.